The number of rotatable bonds is 6. The summed E-state index contributed by atoms with van der Waals surface area (Å²) in [6, 6.07) is 1.30. The maximum absolute atomic E-state index is 4.22. The van der Waals surface area contributed by atoms with Gasteiger partial charge < -0.3 is 5.32 Å². The zero-order valence-electron chi connectivity index (χ0n) is 13.3. The van der Waals surface area contributed by atoms with Gasteiger partial charge in [-0.3, -0.25) is 9.88 Å². The SMILES string of the molecule is CCC(C)C1CNC(CC(C)C)CN1Cc1cncs1. The molecule has 1 aromatic rings. The van der Waals surface area contributed by atoms with Gasteiger partial charge in [-0.2, -0.15) is 0 Å². The van der Waals surface area contributed by atoms with Crippen molar-refractivity contribution in [1.82, 2.24) is 15.2 Å². The van der Waals surface area contributed by atoms with E-state index in [4.69, 9.17) is 0 Å². The molecule has 0 bridgehead atoms. The van der Waals surface area contributed by atoms with Crippen LogP contribution in [0.25, 0.3) is 0 Å². The normalized spacial score (nSPS) is 26.1. The third-order valence-corrected chi connectivity index (χ3v) is 5.20. The monoisotopic (exact) mass is 295 g/mol. The van der Waals surface area contributed by atoms with Crippen molar-refractivity contribution in [2.24, 2.45) is 11.8 Å². The molecule has 20 heavy (non-hydrogen) atoms. The van der Waals surface area contributed by atoms with Crippen molar-refractivity contribution in [3.8, 4) is 0 Å². The van der Waals surface area contributed by atoms with Gasteiger partial charge in [0.2, 0.25) is 0 Å². The molecule has 1 N–H and O–H groups in total. The Bertz CT molecular complexity index is 377. The van der Waals surface area contributed by atoms with Gasteiger partial charge in [0, 0.05) is 42.8 Å². The Morgan fingerprint density at radius 3 is 2.85 bits per heavy atom. The van der Waals surface area contributed by atoms with Crippen molar-refractivity contribution in [1.29, 1.82) is 0 Å². The van der Waals surface area contributed by atoms with Crippen molar-refractivity contribution in [3.05, 3.63) is 16.6 Å². The first-order valence-corrected chi connectivity index (χ1v) is 8.82. The summed E-state index contributed by atoms with van der Waals surface area (Å²) in [5, 5.41) is 3.77. The minimum Gasteiger partial charge on any atom is -0.311 e. The molecule has 3 atom stereocenters. The van der Waals surface area contributed by atoms with Crippen LogP contribution in [0, 0.1) is 11.8 Å². The van der Waals surface area contributed by atoms with E-state index in [-0.39, 0.29) is 0 Å². The van der Waals surface area contributed by atoms with Gasteiger partial charge in [-0.25, -0.2) is 0 Å². The van der Waals surface area contributed by atoms with E-state index in [0.717, 1.165) is 24.9 Å². The summed E-state index contributed by atoms with van der Waals surface area (Å²) >= 11 is 1.78. The number of hydrogen-bond donors (Lipinski definition) is 1. The van der Waals surface area contributed by atoms with Gasteiger partial charge in [0.25, 0.3) is 0 Å². The summed E-state index contributed by atoms with van der Waals surface area (Å²) in [5.41, 5.74) is 1.95. The summed E-state index contributed by atoms with van der Waals surface area (Å²) in [6.07, 6.45) is 4.55. The predicted octanol–water partition coefficient (Wildman–Crippen LogP) is 3.38. The average molecular weight is 295 g/mol. The Morgan fingerprint density at radius 1 is 1.45 bits per heavy atom. The van der Waals surface area contributed by atoms with Gasteiger partial charge in [-0.1, -0.05) is 34.1 Å². The van der Waals surface area contributed by atoms with E-state index >= 15 is 0 Å². The van der Waals surface area contributed by atoms with Crippen molar-refractivity contribution in [2.75, 3.05) is 13.1 Å². The summed E-state index contributed by atoms with van der Waals surface area (Å²) in [5.74, 6) is 1.51. The summed E-state index contributed by atoms with van der Waals surface area (Å²) < 4.78 is 0. The predicted molar refractivity (Wildman–Crippen MR) is 87.0 cm³/mol. The number of aromatic nitrogens is 1. The molecular formula is C16H29N3S. The van der Waals surface area contributed by atoms with E-state index in [1.165, 1.54) is 24.3 Å². The molecule has 3 unspecified atom stereocenters. The minimum absolute atomic E-state index is 0.642. The molecule has 4 heteroatoms. The highest BCUT2D eigenvalue weighted by molar-refractivity contribution is 7.09. The molecule has 1 aliphatic rings. The van der Waals surface area contributed by atoms with E-state index in [1.807, 2.05) is 11.7 Å². The molecule has 2 heterocycles. The van der Waals surface area contributed by atoms with Crippen molar-refractivity contribution in [2.45, 2.75) is 59.2 Å². The molecule has 3 nitrogen and oxygen atoms in total. The van der Waals surface area contributed by atoms with Crippen LogP contribution in [0.3, 0.4) is 0 Å². The molecule has 0 radical (unpaired) electrons. The molecule has 1 aromatic heterocycles. The number of thiazole rings is 1. The van der Waals surface area contributed by atoms with E-state index in [1.54, 1.807) is 11.3 Å². The van der Waals surface area contributed by atoms with Crippen LogP contribution in [-0.4, -0.2) is 35.1 Å². The third-order valence-electron chi connectivity index (χ3n) is 4.44. The summed E-state index contributed by atoms with van der Waals surface area (Å²) in [6.45, 7) is 12.7. The van der Waals surface area contributed by atoms with Crippen LogP contribution in [0.5, 0.6) is 0 Å². The van der Waals surface area contributed by atoms with Crippen LogP contribution in [0.2, 0.25) is 0 Å². The summed E-state index contributed by atoms with van der Waals surface area (Å²) in [4.78, 5) is 8.30. The second-order valence-corrected chi connectivity index (χ2v) is 7.56. The third kappa shape index (κ3) is 4.27. The lowest BCUT2D eigenvalue weighted by atomic mass is 9.92. The maximum Gasteiger partial charge on any atom is 0.0794 e. The van der Waals surface area contributed by atoms with Gasteiger partial charge in [0.1, 0.15) is 0 Å². The van der Waals surface area contributed by atoms with Crippen molar-refractivity contribution >= 4 is 11.3 Å². The zero-order chi connectivity index (χ0) is 14.5. The molecule has 0 amide bonds. The number of piperazine rings is 1. The zero-order valence-corrected chi connectivity index (χ0v) is 14.1. The molecule has 1 aliphatic heterocycles. The second-order valence-electron chi connectivity index (χ2n) is 6.58. The highest BCUT2D eigenvalue weighted by atomic mass is 32.1. The van der Waals surface area contributed by atoms with Crippen molar-refractivity contribution in [3.63, 3.8) is 0 Å². The highest BCUT2D eigenvalue weighted by Gasteiger charge is 2.31. The van der Waals surface area contributed by atoms with Crippen LogP contribution in [-0.2, 0) is 6.54 Å². The molecular weight excluding hydrogens is 266 g/mol. The number of hydrogen-bond acceptors (Lipinski definition) is 4. The molecule has 0 spiro atoms. The van der Waals surface area contributed by atoms with E-state index < -0.39 is 0 Å². The van der Waals surface area contributed by atoms with Crippen LogP contribution >= 0.6 is 11.3 Å². The first kappa shape index (κ1) is 15.9. The minimum atomic E-state index is 0.642. The number of nitrogens with one attached hydrogen (secondary N) is 1. The summed E-state index contributed by atoms with van der Waals surface area (Å²) in [7, 11) is 0. The molecule has 114 valence electrons. The van der Waals surface area contributed by atoms with Crippen LogP contribution < -0.4 is 5.32 Å². The Kier molecular flexibility index (Phi) is 6.00. The Hall–Kier alpha value is -0.450. The quantitative estimate of drug-likeness (QED) is 0.872. The van der Waals surface area contributed by atoms with Crippen LogP contribution in [0.15, 0.2) is 11.7 Å². The molecule has 1 fully saturated rings. The highest BCUT2D eigenvalue weighted by Crippen LogP contribution is 2.23. The topological polar surface area (TPSA) is 28.2 Å². The van der Waals surface area contributed by atoms with Gasteiger partial charge in [0.05, 0.1) is 5.51 Å². The van der Waals surface area contributed by atoms with E-state index in [9.17, 15) is 0 Å². The lowest BCUT2D eigenvalue weighted by Gasteiger charge is -2.43. The van der Waals surface area contributed by atoms with Gasteiger partial charge in [-0.15, -0.1) is 11.3 Å². The lowest BCUT2D eigenvalue weighted by Crippen LogP contribution is -2.58. The molecule has 2 rings (SSSR count). The maximum atomic E-state index is 4.22. The van der Waals surface area contributed by atoms with E-state index in [0.29, 0.717) is 12.1 Å². The van der Waals surface area contributed by atoms with Gasteiger partial charge in [-0.05, 0) is 18.3 Å². The first-order chi connectivity index (χ1) is 9.60. The smallest absolute Gasteiger partial charge is 0.0794 e. The Balaban J connectivity index is 2.02. The van der Waals surface area contributed by atoms with Crippen molar-refractivity contribution < 1.29 is 0 Å². The standard InChI is InChI=1S/C16H29N3S/c1-5-13(4)16-8-18-14(6-12(2)3)9-19(16)10-15-7-17-11-20-15/h7,11-14,16,18H,5-6,8-10H2,1-4H3. The fourth-order valence-corrected chi connectivity index (χ4v) is 3.78. The molecule has 1 saturated heterocycles. The lowest BCUT2D eigenvalue weighted by molar-refractivity contribution is 0.0796. The first-order valence-electron chi connectivity index (χ1n) is 7.95. The largest absolute Gasteiger partial charge is 0.311 e. The Morgan fingerprint density at radius 2 is 2.25 bits per heavy atom. The van der Waals surface area contributed by atoms with Gasteiger partial charge >= 0.3 is 0 Å². The molecule has 0 aliphatic carbocycles. The Labute approximate surface area is 127 Å². The molecule has 0 aromatic carbocycles. The van der Waals surface area contributed by atoms with Gasteiger partial charge in [0.15, 0.2) is 0 Å². The van der Waals surface area contributed by atoms with Crippen LogP contribution in [0.1, 0.15) is 45.4 Å². The van der Waals surface area contributed by atoms with Crippen LogP contribution in [0.4, 0.5) is 0 Å². The fraction of sp³-hybridized carbons (Fsp3) is 0.812. The number of nitrogens with zero attached hydrogens (tertiary/aromatic N) is 2. The van der Waals surface area contributed by atoms with E-state index in [2.05, 4.69) is 42.9 Å². The molecule has 0 saturated carbocycles. The second kappa shape index (κ2) is 7.53. The fourth-order valence-electron chi connectivity index (χ4n) is 3.16. The average Bonchev–Trinajstić information content (AvgIpc) is 2.90.